The van der Waals surface area contributed by atoms with E-state index in [1.807, 2.05) is 13.0 Å². The summed E-state index contributed by atoms with van der Waals surface area (Å²) in [6.45, 7) is 1.91. The van der Waals surface area contributed by atoms with Gasteiger partial charge < -0.3 is 0 Å². The van der Waals surface area contributed by atoms with Crippen molar-refractivity contribution in [3.8, 4) is 0 Å². The number of thioether (sulfide) groups is 1. The Labute approximate surface area is 160 Å². The minimum absolute atomic E-state index is 0.265. The first kappa shape index (κ1) is 18.2. The van der Waals surface area contributed by atoms with Gasteiger partial charge in [0, 0.05) is 20.7 Å². The van der Waals surface area contributed by atoms with E-state index >= 15 is 0 Å². The fourth-order valence-electron chi connectivity index (χ4n) is 2.75. The quantitative estimate of drug-likeness (QED) is 0.729. The molecule has 0 radical (unpaired) electrons. The van der Waals surface area contributed by atoms with Gasteiger partial charge in [0.1, 0.15) is 6.21 Å². The molecule has 2 aliphatic rings. The van der Waals surface area contributed by atoms with E-state index in [1.54, 1.807) is 25.4 Å². The van der Waals surface area contributed by atoms with E-state index in [0.717, 1.165) is 20.9 Å². The molecule has 1 atom stereocenters. The van der Waals surface area contributed by atoms with E-state index in [0.29, 0.717) is 21.6 Å². The van der Waals surface area contributed by atoms with Crippen LogP contribution in [0.3, 0.4) is 0 Å². The number of halogens is 2. The highest BCUT2D eigenvalue weighted by Gasteiger charge is 2.47. The first-order chi connectivity index (χ1) is 11.8. The fourth-order valence-corrected chi connectivity index (χ4v) is 4.52. The van der Waals surface area contributed by atoms with Crippen LogP contribution in [0.25, 0.3) is 0 Å². The molecule has 1 unspecified atom stereocenters. The average molecular weight is 397 g/mol. The number of amidine groups is 1. The number of rotatable bonds is 3. The Morgan fingerprint density at radius 2 is 2.04 bits per heavy atom. The van der Waals surface area contributed by atoms with Crippen LogP contribution in [0.15, 0.2) is 33.7 Å². The van der Waals surface area contributed by atoms with Gasteiger partial charge in [-0.25, -0.2) is 4.79 Å². The maximum absolute atomic E-state index is 12.7. The average Bonchev–Trinajstić information content (AvgIpc) is 2.58. The number of urea groups is 1. The number of hydrogen-bond donors (Lipinski definition) is 0. The normalized spacial score (nSPS) is 20.5. The maximum atomic E-state index is 12.7. The second-order valence-electron chi connectivity index (χ2n) is 5.86. The molecule has 0 aliphatic carbocycles. The monoisotopic (exact) mass is 396 g/mol. The highest BCUT2D eigenvalue weighted by Crippen LogP contribution is 2.37. The Balaban J connectivity index is 1.93. The number of aliphatic imine (C=N–C) groups is 1. The maximum Gasteiger partial charge on any atom is 0.445 e. The predicted molar refractivity (Wildman–Crippen MR) is 102 cm³/mol. The highest BCUT2D eigenvalue weighted by atomic mass is 35.5. The van der Waals surface area contributed by atoms with Crippen molar-refractivity contribution in [2.24, 2.45) is 10.9 Å². The zero-order chi connectivity index (χ0) is 18.3. The van der Waals surface area contributed by atoms with Gasteiger partial charge >= 0.3 is 11.9 Å². The molecule has 0 N–H and O–H groups in total. The van der Waals surface area contributed by atoms with Crippen molar-refractivity contribution in [2.45, 2.75) is 12.7 Å². The smallest absolute Gasteiger partial charge is 0.255 e. The number of benzene rings is 1. The molecule has 130 valence electrons. The van der Waals surface area contributed by atoms with Crippen molar-refractivity contribution in [2.75, 3.05) is 14.1 Å². The number of nitrogens with zero attached hydrogens (tertiary/aromatic N) is 3. The summed E-state index contributed by atoms with van der Waals surface area (Å²) < 4.78 is 1.42. The minimum atomic E-state index is -0.561. The minimum Gasteiger partial charge on any atom is -0.255 e. The van der Waals surface area contributed by atoms with Crippen LogP contribution < -0.4 is 0 Å². The fraction of sp³-hybridized carbons (Fsp3) is 0.294. The van der Waals surface area contributed by atoms with E-state index in [1.165, 1.54) is 23.4 Å². The molecule has 0 fully saturated rings. The Bertz CT molecular complexity index is 877. The molecule has 3 amide bonds. The molecule has 2 aliphatic heterocycles. The number of carbonyl (C=O) groups is 2. The Morgan fingerprint density at radius 3 is 2.72 bits per heavy atom. The molecule has 1 aromatic rings. The zero-order valence-electron chi connectivity index (χ0n) is 13.9. The van der Waals surface area contributed by atoms with Crippen molar-refractivity contribution in [1.29, 1.82) is 0 Å². The third kappa shape index (κ3) is 3.26. The standard InChI is InChI=1S/C17H16Cl2N3O2S/c1-9-7-20-15-13(16(23)22(3)17(24)21(15)2)14(9)25-8-10-4-5-11(18)6-12(10)19/h4-7,13H,8H2,1-3H3/q+1. The molecule has 0 saturated carbocycles. The lowest BCUT2D eigenvalue weighted by Gasteiger charge is -2.27. The summed E-state index contributed by atoms with van der Waals surface area (Å²) in [4.78, 5) is 31.1. The highest BCUT2D eigenvalue weighted by molar-refractivity contribution is 8.02. The first-order valence-electron chi connectivity index (χ1n) is 7.55. The third-order valence-corrected chi connectivity index (χ3v) is 6.10. The Hall–Kier alpha value is -1.63. The van der Waals surface area contributed by atoms with Crippen LogP contribution >= 0.6 is 35.0 Å². The van der Waals surface area contributed by atoms with Crippen LogP contribution in [0.4, 0.5) is 4.79 Å². The number of carbonyl (C=O) groups excluding carboxylic acids is 2. The number of allylic oxidation sites excluding steroid dienone is 1. The largest absolute Gasteiger partial charge is 0.445 e. The molecular formula is C17H16Cl2N3O2S+. The third-order valence-electron chi connectivity index (χ3n) is 4.19. The summed E-state index contributed by atoms with van der Waals surface area (Å²) in [5.74, 6) is 0.228. The molecule has 1 aromatic carbocycles. The number of dihydropyridines is 1. The molecule has 3 rings (SSSR count). The van der Waals surface area contributed by atoms with Crippen LogP contribution in [0.1, 0.15) is 12.5 Å². The van der Waals surface area contributed by atoms with E-state index in [-0.39, 0.29) is 11.9 Å². The second kappa shape index (κ2) is 6.94. The molecule has 0 saturated heterocycles. The summed E-state index contributed by atoms with van der Waals surface area (Å²) >= 11 is 13.7. The van der Waals surface area contributed by atoms with Crippen LogP contribution in [0, 0.1) is 5.92 Å². The molecule has 0 bridgehead atoms. The Morgan fingerprint density at radius 1 is 1.32 bits per heavy atom. The lowest BCUT2D eigenvalue weighted by Crippen LogP contribution is -2.52. The van der Waals surface area contributed by atoms with Gasteiger partial charge in [-0.1, -0.05) is 29.3 Å². The van der Waals surface area contributed by atoms with E-state index in [4.69, 9.17) is 23.2 Å². The second-order valence-corrected chi connectivity index (χ2v) is 7.72. The summed E-state index contributed by atoms with van der Waals surface area (Å²) in [5, 5.41) is 1.17. The summed E-state index contributed by atoms with van der Waals surface area (Å²) in [5.41, 5.74) is 1.84. The van der Waals surface area contributed by atoms with Crippen LogP contribution in [-0.4, -0.2) is 47.6 Å². The SMILES string of the molecule is CC1=C(SCc2ccc(Cl)cc2Cl)C2C(=O)N(C)C(=O)[N+](C)=C2N=C1. The van der Waals surface area contributed by atoms with Crippen LogP contribution in [0.5, 0.6) is 0 Å². The molecular weight excluding hydrogens is 381 g/mol. The number of imide groups is 1. The summed E-state index contributed by atoms with van der Waals surface area (Å²) in [6.07, 6.45) is 1.69. The van der Waals surface area contributed by atoms with Gasteiger partial charge in [0.2, 0.25) is 0 Å². The van der Waals surface area contributed by atoms with Gasteiger partial charge in [0.05, 0.1) is 14.1 Å². The Kier molecular flexibility index (Phi) is 5.04. The zero-order valence-corrected chi connectivity index (χ0v) is 16.2. The lowest BCUT2D eigenvalue weighted by molar-refractivity contribution is -0.407. The van der Waals surface area contributed by atoms with Crippen molar-refractivity contribution in [1.82, 2.24) is 4.90 Å². The van der Waals surface area contributed by atoms with Crippen molar-refractivity contribution in [3.05, 3.63) is 44.3 Å². The van der Waals surface area contributed by atoms with Crippen molar-refractivity contribution in [3.63, 3.8) is 0 Å². The molecule has 25 heavy (non-hydrogen) atoms. The van der Waals surface area contributed by atoms with Crippen LogP contribution in [0.2, 0.25) is 10.0 Å². The lowest BCUT2D eigenvalue weighted by atomic mass is 9.99. The summed E-state index contributed by atoms with van der Waals surface area (Å²) in [6, 6.07) is 4.99. The van der Waals surface area contributed by atoms with Crippen LogP contribution in [-0.2, 0) is 10.5 Å². The topological polar surface area (TPSA) is 52.8 Å². The van der Waals surface area contributed by atoms with Gasteiger partial charge in [-0.05, 0) is 30.2 Å². The van der Waals surface area contributed by atoms with Crippen molar-refractivity contribution < 1.29 is 14.2 Å². The molecule has 5 nitrogen and oxygen atoms in total. The van der Waals surface area contributed by atoms with Gasteiger partial charge in [0.25, 0.3) is 5.84 Å². The first-order valence-corrected chi connectivity index (χ1v) is 9.29. The molecule has 0 spiro atoms. The van der Waals surface area contributed by atoms with Gasteiger partial charge in [-0.3, -0.25) is 4.79 Å². The van der Waals surface area contributed by atoms with Crippen molar-refractivity contribution >= 4 is 59.0 Å². The van der Waals surface area contributed by atoms with Gasteiger partial charge in [-0.15, -0.1) is 16.8 Å². The molecule has 8 heteroatoms. The van der Waals surface area contributed by atoms with E-state index in [2.05, 4.69) is 4.99 Å². The van der Waals surface area contributed by atoms with Gasteiger partial charge in [-0.2, -0.15) is 9.48 Å². The number of hydrogen-bond acceptors (Lipinski definition) is 4. The van der Waals surface area contributed by atoms with E-state index < -0.39 is 5.92 Å². The van der Waals surface area contributed by atoms with Gasteiger partial charge in [0.15, 0.2) is 5.92 Å². The molecule has 2 heterocycles. The summed E-state index contributed by atoms with van der Waals surface area (Å²) in [7, 11) is 3.12. The molecule has 0 aromatic heterocycles. The van der Waals surface area contributed by atoms with E-state index in [9.17, 15) is 9.59 Å². The number of fused-ring (bicyclic) bond motifs is 1. The predicted octanol–water partition coefficient (Wildman–Crippen LogP) is 3.83. The number of amides is 3.